The van der Waals surface area contributed by atoms with Crippen LogP contribution < -0.4 is 5.32 Å². The number of aliphatic hydroxyl groups is 1. The minimum atomic E-state index is -0.239. The molecule has 0 heterocycles. The van der Waals surface area contributed by atoms with Crippen molar-refractivity contribution in [3.05, 3.63) is 0 Å². The summed E-state index contributed by atoms with van der Waals surface area (Å²) in [6, 6.07) is 0. The number of hydrogen-bond donors (Lipinski definition) is 2. The van der Waals surface area contributed by atoms with E-state index in [9.17, 15) is 4.79 Å². The lowest BCUT2D eigenvalue weighted by molar-refractivity contribution is -0.123. The number of amides is 1. The molecule has 0 aliphatic heterocycles. The number of carbonyl (C=O) groups excluding carboxylic acids is 1. The van der Waals surface area contributed by atoms with E-state index in [1.165, 1.54) is 12.8 Å². The third-order valence-corrected chi connectivity index (χ3v) is 3.14. The van der Waals surface area contributed by atoms with Crippen LogP contribution in [-0.2, 0) is 4.79 Å². The van der Waals surface area contributed by atoms with Gasteiger partial charge in [-0.3, -0.25) is 4.79 Å². The zero-order chi connectivity index (χ0) is 12.4. The lowest BCUT2D eigenvalue weighted by atomic mass is 9.94. The Morgan fingerprint density at radius 3 is 2.44 bits per heavy atom. The van der Waals surface area contributed by atoms with Crippen molar-refractivity contribution in [3.63, 3.8) is 0 Å². The molecule has 0 radical (unpaired) electrons. The molecule has 0 aromatic rings. The van der Waals surface area contributed by atoms with Crippen LogP contribution in [0, 0.1) is 0 Å². The Morgan fingerprint density at radius 2 is 1.94 bits per heavy atom. The zero-order valence-corrected chi connectivity index (χ0v) is 11.0. The first-order valence-corrected chi connectivity index (χ1v) is 6.50. The van der Waals surface area contributed by atoms with Gasteiger partial charge in [-0.15, -0.1) is 0 Å². The van der Waals surface area contributed by atoms with Crippen molar-refractivity contribution in [1.82, 2.24) is 5.32 Å². The number of rotatable bonds is 9. The monoisotopic (exact) mass is 229 g/mol. The van der Waals surface area contributed by atoms with Gasteiger partial charge in [-0.05, 0) is 26.2 Å². The van der Waals surface area contributed by atoms with E-state index in [-0.39, 0.29) is 18.1 Å². The van der Waals surface area contributed by atoms with Crippen LogP contribution in [0.2, 0.25) is 0 Å². The quantitative estimate of drug-likeness (QED) is 0.597. The number of nitrogens with one attached hydrogen (secondary N) is 1. The third kappa shape index (κ3) is 6.83. The molecule has 0 aromatic heterocycles. The Kier molecular flexibility index (Phi) is 8.26. The van der Waals surface area contributed by atoms with Crippen LogP contribution in [-0.4, -0.2) is 23.2 Å². The minimum Gasteiger partial charge on any atom is -0.396 e. The van der Waals surface area contributed by atoms with Crippen LogP contribution in [0.15, 0.2) is 0 Å². The Bertz CT molecular complexity index is 194. The first-order chi connectivity index (χ1) is 7.58. The molecule has 0 saturated heterocycles. The average Bonchev–Trinajstić information content (AvgIpc) is 2.25. The molecule has 1 atom stereocenters. The number of unbranched alkanes of at least 4 members (excludes halogenated alkanes) is 3. The highest BCUT2D eigenvalue weighted by Gasteiger charge is 2.22. The van der Waals surface area contributed by atoms with Gasteiger partial charge in [-0.2, -0.15) is 0 Å². The van der Waals surface area contributed by atoms with E-state index >= 15 is 0 Å². The van der Waals surface area contributed by atoms with Gasteiger partial charge < -0.3 is 10.4 Å². The summed E-state index contributed by atoms with van der Waals surface area (Å²) in [4.78, 5) is 11.7. The topological polar surface area (TPSA) is 49.3 Å². The molecule has 16 heavy (non-hydrogen) atoms. The lowest BCUT2D eigenvalue weighted by Gasteiger charge is -2.29. The molecule has 0 spiro atoms. The van der Waals surface area contributed by atoms with Gasteiger partial charge in [0, 0.05) is 18.6 Å². The van der Waals surface area contributed by atoms with Crippen molar-refractivity contribution in [2.45, 2.75) is 71.3 Å². The van der Waals surface area contributed by atoms with E-state index in [4.69, 9.17) is 5.11 Å². The fourth-order valence-electron chi connectivity index (χ4n) is 1.69. The second-order valence-corrected chi connectivity index (χ2v) is 4.75. The summed E-state index contributed by atoms with van der Waals surface area (Å²) in [5, 5.41) is 12.0. The molecule has 0 aliphatic carbocycles. The van der Waals surface area contributed by atoms with Crippen LogP contribution in [0.1, 0.15) is 65.7 Å². The fourth-order valence-corrected chi connectivity index (χ4v) is 1.69. The average molecular weight is 229 g/mol. The van der Waals surface area contributed by atoms with Gasteiger partial charge in [0.05, 0.1) is 0 Å². The molecule has 3 heteroatoms. The predicted octanol–water partition coefficient (Wildman–Crippen LogP) is 2.62. The number of hydrogen-bond acceptors (Lipinski definition) is 2. The highest BCUT2D eigenvalue weighted by Crippen LogP contribution is 2.14. The summed E-state index contributed by atoms with van der Waals surface area (Å²) in [5.41, 5.74) is -0.239. The molecule has 0 rings (SSSR count). The van der Waals surface area contributed by atoms with Crippen LogP contribution in [0.25, 0.3) is 0 Å². The SMILES string of the molecule is CCCCCCC(=O)NC(C)(CC)CCO. The van der Waals surface area contributed by atoms with Crippen molar-refractivity contribution in [3.8, 4) is 0 Å². The molecule has 0 bridgehead atoms. The van der Waals surface area contributed by atoms with Gasteiger partial charge in [0.15, 0.2) is 0 Å². The molecule has 0 aromatic carbocycles. The Morgan fingerprint density at radius 1 is 1.25 bits per heavy atom. The van der Waals surface area contributed by atoms with Gasteiger partial charge in [-0.25, -0.2) is 0 Å². The van der Waals surface area contributed by atoms with Crippen molar-refractivity contribution < 1.29 is 9.90 Å². The zero-order valence-electron chi connectivity index (χ0n) is 11.0. The maximum absolute atomic E-state index is 11.7. The van der Waals surface area contributed by atoms with E-state index in [1.807, 2.05) is 13.8 Å². The van der Waals surface area contributed by atoms with Gasteiger partial charge in [0.1, 0.15) is 0 Å². The molecular weight excluding hydrogens is 202 g/mol. The van der Waals surface area contributed by atoms with Crippen molar-refractivity contribution in [2.75, 3.05) is 6.61 Å². The number of aliphatic hydroxyl groups excluding tert-OH is 1. The van der Waals surface area contributed by atoms with E-state index in [0.717, 1.165) is 19.3 Å². The first-order valence-electron chi connectivity index (χ1n) is 6.50. The van der Waals surface area contributed by atoms with Crippen LogP contribution in [0.3, 0.4) is 0 Å². The molecule has 96 valence electrons. The minimum absolute atomic E-state index is 0.119. The molecule has 2 N–H and O–H groups in total. The lowest BCUT2D eigenvalue weighted by Crippen LogP contribution is -2.46. The van der Waals surface area contributed by atoms with E-state index in [1.54, 1.807) is 0 Å². The van der Waals surface area contributed by atoms with Gasteiger partial charge >= 0.3 is 0 Å². The van der Waals surface area contributed by atoms with Crippen molar-refractivity contribution in [1.29, 1.82) is 0 Å². The number of carbonyl (C=O) groups is 1. The van der Waals surface area contributed by atoms with Crippen LogP contribution in [0.4, 0.5) is 0 Å². The third-order valence-electron chi connectivity index (χ3n) is 3.14. The molecular formula is C13H27NO2. The Hall–Kier alpha value is -0.570. The second-order valence-electron chi connectivity index (χ2n) is 4.75. The summed E-state index contributed by atoms with van der Waals surface area (Å²) >= 11 is 0. The van der Waals surface area contributed by atoms with E-state index < -0.39 is 0 Å². The highest BCUT2D eigenvalue weighted by atomic mass is 16.3. The van der Waals surface area contributed by atoms with Crippen molar-refractivity contribution in [2.24, 2.45) is 0 Å². The van der Waals surface area contributed by atoms with E-state index in [2.05, 4.69) is 12.2 Å². The molecule has 1 amide bonds. The summed E-state index contributed by atoms with van der Waals surface area (Å²) in [5.74, 6) is 0.119. The molecule has 1 unspecified atom stereocenters. The van der Waals surface area contributed by atoms with Crippen LogP contribution in [0.5, 0.6) is 0 Å². The standard InChI is InChI=1S/C13H27NO2/c1-4-6-7-8-9-12(16)14-13(3,5-2)10-11-15/h15H,4-11H2,1-3H3,(H,14,16). The fraction of sp³-hybridized carbons (Fsp3) is 0.923. The Labute approximate surface area is 99.6 Å². The molecule has 0 fully saturated rings. The molecule has 0 aliphatic rings. The van der Waals surface area contributed by atoms with E-state index in [0.29, 0.717) is 12.8 Å². The normalized spacial score (nSPS) is 14.5. The summed E-state index contributed by atoms with van der Waals surface area (Å²) in [6.07, 6.45) is 6.60. The molecule has 0 saturated carbocycles. The maximum atomic E-state index is 11.7. The van der Waals surface area contributed by atoms with Gasteiger partial charge in [0.2, 0.25) is 5.91 Å². The van der Waals surface area contributed by atoms with Gasteiger partial charge in [-0.1, -0.05) is 33.1 Å². The second kappa shape index (κ2) is 8.57. The summed E-state index contributed by atoms with van der Waals surface area (Å²) < 4.78 is 0. The smallest absolute Gasteiger partial charge is 0.220 e. The summed E-state index contributed by atoms with van der Waals surface area (Å²) in [6.45, 7) is 6.32. The first kappa shape index (κ1) is 15.4. The van der Waals surface area contributed by atoms with Crippen molar-refractivity contribution >= 4 is 5.91 Å². The highest BCUT2D eigenvalue weighted by molar-refractivity contribution is 5.76. The largest absolute Gasteiger partial charge is 0.396 e. The van der Waals surface area contributed by atoms with Gasteiger partial charge in [0.25, 0.3) is 0 Å². The summed E-state index contributed by atoms with van der Waals surface area (Å²) in [7, 11) is 0. The maximum Gasteiger partial charge on any atom is 0.220 e. The van der Waals surface area contributed by atoms with Crippen LogP contribution >= 0.6 is 0 Å². The molecule has 3 nitrogen and oxygen atoms in total. The Balaban J connectivity index is 3.82. The predicted molar refractivity (Wildman–Crippen MR) is 67.3 cm³/mol.